The Balaban J connectivity index is 1.51. The summed E-state index contributed by atoms with van der Waals surface area (Å²) < 4.78 is 10.5. The largest absolute Gasteiger partial charge is 0.469 e. The second-order valence-corrected chi connectivity index (χ2v) is 11.5. The smallest absolute Gasteiger partial charge is 0.305 e. The van der Waals surface area contributed by atoms with Crippen LogP contribution < -0.4 is 0 Å². The van der Waals surface area contributed by atoms with E-state index < -0.39 is 0 Å². The van der Waals surface area contributed by atoms with E-state index in [1.165, 1.54) is 46.1 Å². The van der Waals surface area contributed by atoms with Crippen LogP contribution in [0.5, 0.6) is 0 Å². The molecule has 0 aliphatic heterocycles. The zero-order chi connectivity index (χ0) is 23.1. The van der Waals surface area contributed by atoms with Crippen LogP contribution >= 0.6 is 0 Å². The molecule has 0 aromatic rings. The van der Waals surface area contributed by atoms with Crippen LogP contribution in [0.25, 0.3) is 0 Å². The van der Waals surface area contributed by atoms with Crippen LogP contribution in [0.1, 0.15) is 85.0 Å². The van der Waals surface area contributed by atoms with Crippen molar-refractivity contribution in [2.24, 2.45) is 40.4 Å². The molecule has 0 bridgehead atoms. The van der Waals surface area contributed by atoms with Crippen molar-refractivity contribution in [2.45, 2.75) is 91.1 Å². The quantitative estimate of drug-likeness (QED) is 0.360. The van der Waals surface area contributed by atoms with Gasteiger partial charge in [0.2, 0.25) is 0 Å². The van der Waals surface area contributed by atoms with Gasteiger partial charge in [0.1, 0.15) is 6.10 Å². The highest BCUT2D eigenvalue weighted by atomic mass is 16.5. The Morgan fingerprint density at radius 3 is 2.66 bits per heavy atom. The van der Waals surface area contributed by atoms with Crippen molar-refractivity contribution in [3.63, 3.8) is 0 Å². The number of carbonyl (C=O) groups excluding carboxylic acids is 2. The van der Waals surface area contributed by atoms with E-state index in [-0.39, 0.29) is 23.5 Å². The van der Waals surface area contributed by atoms with E-state index in [4.69, 9.17) is 9.47 Å². The second kappa shape index (κ2) is 8.99. The van der Waals surface area contributed by atoms with Gasteiger partial charge < -0.3 is 9.47 Å². The Morgan fingerprint density at radius 2 is 1.97 bits per heavy atom. The summed E-state index contributed by atoms with van der Waals surface area (Å²) in [6, 6.07) is 0. The van der Waals surface area contributed by atoms with Crippen LogP contribution in [0.3, 0.4) is 0 Å². The first-order chi connectivity index (χ1) is 15.2. The molecule has 0 aromatic heterocycles. The van der Waals surface area contributed by atoms with Gasteiger partial charge in [-0.25, -0.2) is 0 Å². The monoisotopic (exact) mass is 442 g/mol. The lowest BCUT2D eigenvalue weighted by Crippen LogP contribution is -2.51. The number of hydrogen-bond acceptors (Lipinski definition) is 4. The molecule has 3 saturated carbocycles. The minimum absolute atomic E-state index is 0.0660. The van der Waals surface area contributed by atoms with Gasteiger partial charge in [0.15, 0.2) is 0 Å². The Morgan fingerprint density at radius 1 is 1.19 bits per heavy atom. The predicted molar refractivity (Wildman–Crippen MR) is 126 cm³/mol. The van der Waals surface area contributed by atoms with Gasteiger partial charge in [-0.1, -0.05) is 31.6 Å². The second-order valence-electron chi connectivity index (χ2n) is 11.5. The SMILES string of the molecule is C=CC(CCC(=O)OC)C1CCC2C3CC=C4CC(OC(C)=O)CCC4(C)C3CCC12C. The minimum atomic E-state index is -0.151. The summed E-state index contributed by atoms with van der Waals surface area (Å²) >= 11 is 0. The third kappa shape index (κ3) is 3.96. The molecule has 4 heteroatoms. The highest BCUT2D eigenvalue weighted by Crippen LogP contribution is 2.67. The van der Waals surface area contributed by atoms with Crippen LogP contribution in [0, 0.1) is 40.4 Å². The molecule has 4 nitrogen and oxygen atoms in total. The Kier molecular flexibility index (Phi) is 6.62. The fourth-order valence-electron chi connectivity index (χ4n) is 8.58. The molecule has 0 aromatic carbocycles. The van der Waals surface area contributed by atoms with E-state index in [0.717, 1.165) is 43.4 Å². The van der Waals surface area contributed by atoms with Crippen molar-refractivity contribution in [1.29, 1.82) is 0 Å². The molecule has 4 rings (SSSR count). The maximum atomic E-state index is 11.8. The molecule has 0 saturated heterocycles. The van der Waals surface area contributed by atoms with E-state index in [1.807, 2.05) is 0 Å². The molecule has 0 radical (unpaired) electrons. The van der Waals surface area contributed by atoms with Crippen LogP contribution in [-0.4, -0.2) is 25.2 Å². The molecule has 3 fully saturated rings. The normalized spacial score (nSPS) is 41.4. The Bertz CT molecular complexity index is 784. The molecule has 0 amide bonds. The van der Waals surface area contributed by atoms with Gasteiger partial charge in [0, 0.05) is 19.8 Å². The van der Waals surface area contributed by atoms with Crippen molar-refractivity contribution in [1.82, 2.24) is 0 Å². The number of fused-ring (bicyclic) bond motifs is 5. The van der Waals surface area contributed by atoms with E-state index in [1.54, 1.807) is 5.57 Å². The summed E-state index contributed by atoms with van der Waals surface area (Å²) in [7, 11) is 1.48. The highest BCUT2D eigenvalue weighted by Gasteiger charge is 2.59. The number of ether oxygens (including phenoxy) is 2. The van der Waals surface area contributed by atoms with Crippen molar-refractivity contribution in [2.75, 3.05) is 7.11 Å². The lowest BCUT2D eigenvalue weighted by atomic mass is 9.47. The third-order valence-corrected chi connectivity index (χ3v) is 10.2. The van der Waals surface area contributed by atoms with Gasteiger partial charge in [0.05, 0.1) is 7.11 Å². The number of esters is 2. The lowest BCUT2D eigenvalue weighted by molar-refractivity contribution is -0.148. The molecule has 178 valence electrons. The molecule has 8 atom stereocenters. The Labute approximate surface area is 194 Å². The van der Waals surface area contributed by atoms with E-state index >= 15 is 0 Å². The maximum Gasteiger partial charge on any atom is 0.305 e. The fourth-order valence-corrected chi connectivity index (χ4v) is 8.58. The summed E-state index contributed by atoms with van der Waals surface area (Å²) in [6.07, 6.45) is 15.4. The van der Waals surface area contributed by atoms with E-state index in [0.29, 0.717) is 23.7 Å². The van der Waals surface area contributed by atoms with Crippen molar-refractivity contribution in [3.8, 4) is 0 Å². The molecule has 0 heterocycles. The van der Waals surface area contributed by atoms with Gasteiger partial charge in [-0.15, -0.1) is 6.58 Å². The zero-order valence-electron chi connectivity index (χ0n) is 20.5. The standard InChI is InChI=1S/C28H42O4/c1-6-19(7-12-26(30)31-5)23-10-11-24-22-9-8-20-17-21(32-18(2)29)13-15-27(20,3)25(22)14-16-28(23,24)4/h6,8,19,21-25H,1,7,9-17H2,2-5H3. The first kappa shape index (κ1) is 23.6. The first-order valence-corrected chi connectivity index (χ1v) is 12.8. The Hall–Kier alpha value is -1.58. The number of carbonyl (C=O) groups is 2. The summed E-state index contributed by atoms with van der Waals surface area (Å²) in [5.41, 5.74) is 2.16. The number of methoxy groups -OCH3 is 1. The summed E-state index contributed by atoms with van der Waals surface area (Å²) in [6.45, 7) is 10.7. The summed E-state index contributed by atoms with van der Waals surface area (Å²) in [5, 5.41) is 0. The third-order valence-electron chi connectivity index (χ3n) is 10.2. The summed E-state index contributed by atoms with van der Waals surface area (Å²) in [5.74, 6) is 3.01. The molecule has 4 aliphatic carbocycles. The van der Waals surface area contributed by atoms with Crippen molar-refractivity contribution >= 4 is 11.9 Å². The average molecular weight is 443 g/mol. The van der Waals surface area contributed by atoms with Gasteiger partial charge >= 0.3 is 11.9 Å². The first-order valence-electron chi connectivity index (χ1n) is 12.8. The van der Waals surface area contributed by atoms with Gasteiger partial charge in [-0.2, -0.15) is 0 Å². The molecule has 0 spiro atoms. The minimum Gasteiger partial charge on any atom is -0.469 e. The molecular formula is C28H42O4. The molecule has 4 aliphatic rings. The highest BCUT2D eigenvalue weighted by molar-refractivity contribution is 5.69. The number of rotatable bonds is 6. The van der Waals surface area contributed by atoms with Gasteiger partial charge in [-0.3, -0.25) is 9.59 Å². The van der Waals surface area contributed by atoms with E-state index in [2.05, 4.69) is 32.6 Å². The van der Waals surface area contributed by atoms with E-state index in [9.17, 15) is 9.59 Å². The average Bonchev–Trinajstić information content (AvgIpc) is 3.11. The van der Waals surface area contributed by atoms with Crippen molar-refractivity contribution in [3.05, 3.63) is 24.3 Å². The zero-order valence-corrected chi connectivity index (χ0v) is 20.5. The van der Waals surface area contributed by atoms with Crippen LogP contribution in [0.4, 0.5) is 0 Å². The van der Waals surface area contributed by atoms with Crippen molar-refractivity contribution < 1.29 is 19.1 Å². The molecular weight excluding hydrogens is 400 g/mol. The predicted octanol–water partition coefficient (Wildman–Crippen LogP) is 6.25. The number of allylic oxidation sites excluding steroid dienone is 2. The summed E-state index contributed by atoms with van der Waals surface area (Å²) in [4.78, 5) is 23.2. The van der Waals surface area contributed by atoms with Crippen LogP contribution in [-0.2, 0) is 19.1 Å². The van der Waals surface area contributed by atoms with Gasteiger partial charge in [-0.05, 0) is 91.8 Å². The van der Waals surface area contributed by atoms with Crippen LogP contribution in [0.2, 0.25) is 0 Å². The topological polar surface area (TPSA) is 52.6 Å². The molecule has 32 heavy (non-hydrogen) atoms. The molecule has 8 unspecified atom stereocenters. The number of hydrogen-bond donors (Lipinski definition) is 0. The lowest BCUT2D eigenvalue weighted by Gasteiger charge is -2.58. The van der Waals surface area contributed by atoms with Gasteiger partial charge in [0.25, 0.3) is 0 Å². The fraction of sp³-hybridized carbons (Fsp3) is 0.786. The maximum absolute atomic E-state index is 11.8. The van der Waals surface area contributed by atoms with Crippen LogP contribution in [0.15, 0.2) is 24.3 Å². The molecule has 0 N–H and O–H groups in total.